The maximum Gasteiger partial charge on any atom is 0.242 e. The monoisotopic (exact) mass is 247 g/mol. The van der Waals surface area contributed by atoms with Crippen LogP contribution in [-0.2, 0) is 16.0 Å². The van der Waals surface area contributed by atoms with E-state index in [2.05, 4.69) is 10.3 Å². The molecule has 0 radical (unpaired) electrons. The Hall–Kier alpha value is -1.91. The molecule has 0 bridgehead atoms. The smallest absolute Gasteiger partial charge is 0.242 e. The molecule has 0 aliphatic carbocycles. The molecule has 1 aliphatic rings. The number of aromatic nitrogens is 1. The van der Waals surface area contributed by atoms with Crippen molar-refractivity contribution in [1.82, 2.24) is 15.2 Å². The summed E-state index contributed by atoms with van der Waals surface area (Å²) >= 11 is 0. The lowest BCUT2D eigenvalue weighted by molar-refractivity contribution is -0.142. The van der Waals surface area contributed by atoms with E-state index in [0.717, 1.165) is 5.69 Å². The molecule has 1 atom stereocenters. The first-order chi connectivity index (χ1) is 8.68. The summed E-state index contributed by atoms with van der Waals surface area (Å²) < 4.78 is 0. The fraction of sp³-hybridized carbons (Fsp3) is 0.462. The molecule has 5 heteroatoms. The quantitative estimate of drug-likeness (QED) is 0.839. The van der Waals surface area contributed by atoms with E-state index < -0.39 is 0 Å². The largest absolute Gasteiger partial charge is 0.353 e. The molecular weight excluding hydrogens is 230 g/mol. The molecule has 2 amide bonds. The van der Waals surface area contributed by atoms with Gasteiger partial charge in [-0.3, -0.25) is 14.6 Å². The van der Waals surface area contributed by atoms with E-state index >= 15 is 0 Å². The zero-order chi connectivity index (χ0) is 13.0. The van der Waals surface area contributed by atoms with Crippen molar-refractivity contribution in [2.45, 2.75) is 25.8 Å². The van der Waals surface area contributed by atoms with E-state index in [-0.39, 0.29) is 17.9 Å². The van der Waals surface area contributed by atoms with Gasteiger partial charge in [-0.2, -0.15) is 0 Å². The lowest BCUT2D eigenvalue weighted by Crippen LogP contribution is -2.55. The minimum atomic E-state index is -0.366. The molecule has 5 nitrogen and oxygen atoms in total. The van der Waals surface area contributed by atoms with Crippen LogP contribution in [0.25, 0.3) is 0 Å². The van der Waals surface area contributed by atoms with Crippen LogP contribution < -0.4 is 5.32 Å². The Balaban J connectivity index is 1.90. The fourth-order valence-corrected chi connectivity index (χ4v) is 2.05. The second kappa shape index (κ2) is 5.62. The predicted molar refractivity (Wildman–Crippen MR) is 66.7 cm³/mol. The van der Waals surface area contributed by atoms with Crippen molar-refractivity contribution in [2.24, 2.45) is 0 Å². The van der Waals surface area contributed by atoms with Crippen LogP contribution in [0, 0.1) is 0 Å². The molecule has 1 saturated heterocycles. The highest BCUT2D eigenvalue weighted by Crippen LogP contribution is 2.08. The zero-order valence-electron chi connectivity index (χ0n) is 10.4. The minimum absolute atomic E-state index is 0.0167. The number of carbonyl (C=O) groups is 2. The number of amides is 2. The molecular formula is C13H17N3O2. The molecule has 1 unspecified atom stereocenters. The van der Waals surface area contributed by atoms with Gasteiger partial charge in [0.15, 0.2) is 0 Å². The first-order valence-corrected chi connectivity index (χ1v) is 6.15. The van der Waals surface area contributed by atoms with E-state index in [9.17, 15) is 9.59 Å². The average molecular weight is 247 g/mol. The third-order valence-electron chi connectivity index (χ3n) is 3.14. The molecule has 0 saturated carbocycles. The number of hydrogen-bond acceptors (Lipinski definition) is 3. The first-order valence-electron chi connectivity index (χ1n) is 6.15. The van der Waals surface area contributed by atoms with Crippen LogP contribution in [0.1, 0.15) is 19.0 Å². The number of aryl methyl sites for hydroxylation is 1. The fourth-order valence-electron chi connectivity index (χ4n) is 2.05. The molecule has 1 N–H and O–H groups in total. The minimum Gasteiger partial charge on any atom is -0.353 e. The Bertz CT molecular complexity index is 433. The molecule has 1 aromatic rings. The molecule has 2 heterocycles. The van der Waals surface area contributed by atoms with Crippen molar-refractivity contribution in [2.75, 3.05) is 13.1 Å². The van der Waals surface area contributed by atoms with Gasteiger partial charge in [0.1, 0.15) is 6.04 Å². The SMILES string of the molecule is CC1C(=O)NCCN1C(=O)CCc1ccccn1. The second-order valence-electron chi connectivity index (χ2n) is 4.38. The van der Waals surface area contributed by atoms with Crippen LogP contribution in [0.2, 0.25) is 0 Å². The van der Waals surface area contributed by atoms with Crippen LogP contribution in [0.4, 0.5) is 0 Å². The average Bonchev–Trinajstić information content (AvgIpc) is 2.40. The highest BCUT2D eigenvalue weighted by atomic mass is 16.2. The number of carbonyl (C=O) groups excluding carboxylic acids is 2. The number of hydrogen-bond donors (Lipinski definition) is 1. The van der Waals surface area contributed by atoms with Crippen molar-refractivity contribution in [3.8, 4) is 0 Å². The normalized spacial score (nSPS) is 19.5. The summed E-state index contributed by atoms with van der Waals surface area (Å²) in [6, 6.07) is 5.29. The molecule has 96 valence electrons. The third-order valence-corrected chi connectivity index (χ3v) is 3.14. The first kappa shape index (κ1) is 12.5. The predicted octanol–water partition coefficient (Wildman–Crippen LogP) is 0.361. The van der Waals surface area contributed by atoms with Crippen LogP contribution >= 0.6 is 0 Å². The summed E-state index contributed by atoms with van der Waals surface area (Å²) in [5, 5.41) is 2.75. The van der Waals surface area contributed by atoms with Crippen LogP contribution in [-0.4, -0.2) is 40.8 Å². The number of rotatable bonds is 3. The van der Waals surface area contributed by atoms with Crippen molar-refractivity contribution in [3.63, 3.8) is 0 Å². The highest BCUT2D eigenvalue weighted by Gasteiger charge is 2.28. The number of nitrogens with zero attached hydrogens (tertiary/aromatic N) is 2. The maximum atomic E-state index is 12.0. The standard InChI is InChI=1S/C13H17N3O2/c1-10-13(18)15-8-9-16(10)12(17)6-5-11-4-2-3-7-14-11/h2-4,7,10H,5-6,8-9H2,1H3,(H,15,18). The van der Waals surface area contributed by atoms with Crippen LogP contribution in [0.5, 0.6) is 0 Å². The van der Waals surface area contributed by atoms with Gasteiger partial charge in [0, 0.05) is 31.4 Å². The van der Waals surface area contributed by atoms with Gasteiger partial charge in [-0.25, -0.2) is 0 Å². The van der Waals surface area contributed by atoms with Gasteiger partial charge in [-0.1, -0.05) is 6.07 Å². The summed E-state index contributed by atoms with van der Waals surface area (Å²) in [5.74, 6) is -0.0598. The summed E-state index contributed by atoms with van der Waals surface area (Å²) in [7, 11) is 0. The van der Waals surface area contributed by atoms with Gasteiger partial charge in [0.05, 0.1) is 0 Å². The van der Waals surface area contributed by atoms with E-state index in [1.165, 1.54) is 0 Å². The van der Waals surface area contributed by atoms with Crippen LogP contribution in [0.3, 0.4) is 0 Å². The van der Waals surface area contributed by atoms with Crippen molar-refractivity contribution >= 4 is 11.8 Å². The van der Waals surface area contributed by atoms with Gasteiger partial charge in [0.2, 0.25) is 11.8 Å². The van der Waals surface area contributed by atoms with Crippen molar-refractivity contribution in [3.05, 3.63) is 30.1 Å². The maximum absolute atomic E-state index is 12.0. The van der Waals surface area contributed by atoms with Gasteiger partial charge in [-0.05, 0) is 25.5 Å². The molecule has 0 aromatic carbocycles. The van der Waals surface area contributed by atoms with E-state index in [4.69, 9.17) is 0 Å². The molecule has 1 aliphatic heterocycles. The van der Waals surface area contributed by atoms with Crippen molar-refractivity contribution in [1.29, 1.82) is 0 Å². The topological polar surface area (TPSA) is 62.3 Å². The van der Waals surface area contributed by atoms with E-state index in [1.54, 1.807) is 18.0 Å². The summed E-state index contributed by atoms with van der Waals surface area (Å²) in [5.41, 5.74) is 0.903. The van der Waals surface area contributed by atoms with E-state index in [0.29, 0.717) is 25.9 Å². The molecule has 1 aromatic heterocycles. The van der Waals surface area contributed by atoms with Gasteiger partial charge >= 0.3 is 0 Å². The number of nitrogens with one attached hydrogen (secondary N) is 1. The zero-order valence-corrected chi connectivity index (χ0v) is 10.4. The lowest BCUT2D eigenvalue weighted by atomic mass is 10.1. The Labute approximate surface area is 106 Å². The molecule has 18 heavy (non-hydrogen) atoms. The van der Waals surface area contributed by atoms with Gasteiger partial charge in [0.25, 0.3) is 0 Å². The summed E-state index contributed by atoms with van der Waals surface area (Å²) in [6.07, 6.45) is 2.73. The van der Waals surface area contributed by atoms with Gasteiger partial charge < -0.3 is 10.2 Å². The van der Waals surface area contributed by atoms with Crippen molar-refractivity contribution < 1.29 is 9.59 Å². The Morgan fingerprint density at radius 2 is 2.39 bits per heavy atom. The number of pyridine rings is 1. The third kappa shape index (κ3) is 2.85. The van der Waals surface area contributed by atoms with E-state index in [1.807, 2.05) is 18.2 Å². The van der Waals surface area contributed by atoms with Gasteiger partial charge in [-0.15, -0.1) is 0 Å². The Morgan fingerprint density at radius 3 is 3.11 bits per heavy atom. The molecule has 2 rings (SSSR count). The summed E-state index contributed by atoms with van der Waals surface area (Å²) in [6.45, 7) is 2.89. The van der Waals surface area contributed by atoms with Crippen LogP contribution in [0.15, 0.2) is 24.4 Å². The lowest BCUT2D eigenvalue weighted by Gasteiger charge is -2.32. The second-order valence-corrected chi connectivity index (χ2v) is 4.38. The molecule has 0 spiro atoms. The Kier molecular flexibility index (Phi) is 3.92. The number of piperazine rings is 1. The molecule has 1 fully saturated rings. The highest BCUT2D eigenvalue weighted by molar-refractivity contribution is 5.88. The summed E-state index contributed by atoms with van der Waals surface area (Å²) in [4.78, 5) is 29.3. The Morgan fingerprint density at radius 1 is 1.56 bits per heavy atom.